The lowest BCUT2D eigenvalue weighted by molar-refractivity contribution is -0.117. The minimum Gasteiger partial charge on any atom is -0.325 e. The molecule has 1 N–H and O–H groups in total. The van der Waals surface area contributed by atoms with Gasteiger partial charge in [0.05, 0.1) is 18.1 Å². The normalized spacial score (nSPS) is 17.8. The van der Waals surface area contributed by atoms with Gasteiger partial charge in [-0.05, 0) is 11.6 Å². The summed E-state index contributed by atoms with van der Waals surface area (Å²) in [5.74, 6) is -1.85. The monoisotopic (exact) mass is 197 g/mol. The molecule has 0 fully saturated rings. The first-order valence-corrected chi connectivity index (χ1v) is 4.47. The fourth-order valence-corrected chi connectivity index (χ4v) is 1.74. The number of rotatable bonds is 1. The summed E-state index contributed by atoms with van der Waals surface area (Å²) < 4.78 is 0. The van der Waals surface area contributed by atoms with Crippen LogP contribution in [0.3, 0.4) is 0 Å². The van der Waals surface area contributed by atoms with Crippen LogP contribution in [0.4, 0.5) is 5.69 Å². The Morgan fingerprint density at radius 1 is 1.27 bits per heavy atom. The fraction of sp³-hybridized carbons (Fsp3) is 0.182. The molecular formula is C11H7N3O. The van der Waals surface area contributed by atoms with Gasteiger partial charge in [0.2, 0.25) is 5.91 Å². The molecule has 0 aromatic heterocycles. The third-order valence-electron chi connectivity index (χ3n) is 2.45. The number of amides is 1. The average Bonchev–Trinajstić information content (AvgIpc) is 2.58. The molecule has 0 bridgehead atoms. The van der Waals surface area contributed by atoms with Crippen molar-refractivity contribution in [2.75, 3.05) is 5.32 Å². The van der Waals surface area contributed by atoms with Crippen LogP contribution < -0.4 is 5.32 Å². The molecule has 0 radical (unpaired) electrons. The highest BCUT2D eigenvalue weighted by Crippen LogP contribution is 2.36. The molecule has 1 unspecified atom stereocenters. The first kappa shape index (κ1) is 9.23. The number of hydrogen-bond donors (Lipinski definition) is 1. The van der Waals surface area contributed by atoms with Gasteiger partial charge in [0, 0.05) is 5.69 Å². The Morgan fingerprint density at radius 2 is 1.93 bits per heavy atom. The van der Waals surface area contributed by atoms with Crippen molar-refractivity contribution in [1.29, 1.82) is 10.5 Å². The summed E-state index contributed by atoms with van der Waals surface area (Å²) in [6.45, 7) is 0. The fourth-order valence-electron chi connectivity index (χ4n) is 1.74. The Bertz CT molecular complexity index is 481. The number of hydrogen-bond acceptors (Lipinski definition) is 3. The molecule has 2 rings (SSSR count). The van der Waals surface area contributed by atoms with E-state index in [-0.39, 0.29) is 5.91 Å². The predicted molar refractivity (Wildman–Crippen MR) is 52.5 cm³/mol. The van der Waals surface area contributed by atoms with E-state index in [4.69, 9.17) is 10.5 Å². The van der Waals surface area contributed by atoms with Crippen LogP contribution in [0.1, 0.15) is 11.5 Å². The molecule has 72 valence electrons. The second kappa shape index (κ2) is 3.43. The number of para-hydroxylation sites is 1. The SMILES string of the molecule is N#CC(C#N)C1C(=O)Nc2ccccc21. The van der Waals surface area contributed by atoms with Crippen molar-refractivity contribution in [3.8, 4) is 12.1 Å². The number of nitrogens with zero attached hydrogens (tertiary/aromatic N) is 2. The van der Waals surface area contributed by atoms with Gasteiger partial charge in [-0.1, -0.05) is 18.2 Å². The molecule has 15 heavy (non-hydrogen) atoms. The van der Waals surface area contributed by atoms with Crippen LogP contribution in [0.25, 0.3) is 0 Å². The smallest absolute Gasteiger partial charge is 0.234 e. The van der Waals surface area contributed by atoms with Gasteiger partial charge in [-0.15, -0.1) is 0 Å². The summed E-state index contributed by atoms with van der Waals surface area (Å²) in [5.41, 5.74) is 1.43. The maximum atomic E-state index is 11.6. The number of fused-ring (bicyclic) bond motifs is 1. The minimum atomic E-state index is -0.923. The Hall–Kier alpha value is -2.33. The summed E-state index contributed by atoms with van der Waals surface area (Å²) in [7, 11) is 0. The van der Waals surface area contributed by atoms with Crippen molar-refractivity contribution in [2.24, 2.45) is 5.92 Å². The van der Waals surface area contributed by atoms with Crippen LogP contribution in [0.5, 0.6) is 0 Å². The zero-order valence-corrected chi connectivity index (χ0v) is 7.77. The van der Waals surface area contributed by atoms with Crippen LogP contribution in [0.2, 0.25) is 0 Å². The van der Waals surface area contributed by atoms with Crippen LogP contribution in [0, 0.1) is 28.6 Å². The van der Waals surface area contributed by atoms with Gasteiger partial charge >= 0.3 is 0 Å². The van der Waals surface area contributed by atoms with Gasteiger partial charge in [-0.3, -0.25) is 4.79 Å². The summed E-state index contributed by atoms with van der Waals surface area (Å²) in [6.07, 6.45) is 0. The van der Waals surface area contributed by atoms with E-state index in [0.29, 0.717) is 5.69 Å². The van der Waals surface area contributed by atoms with E-state index in [0.717, 1.165) is 5.56 Å². The van der Waals surface area contributed by atoms with Gasteiger partial charge < -0.3 is 5.32 Å². The van der Waals surface area contributed by atoms with Crippen LogP contribution in [-0.2, 0) is 4.79 Å². The van der Waals surface area contributed by atoms with Crippen LogP contribution >= 0.6 is 0 Å². The Balaban J connectivity index is 2.48. The molecule has 1 aliphatic heterocycles. The lowest BCUT2D eigenvalue weighted by Crippen LogP contribution is -2.18. The predicted octanol–water partition coefficient (Wildman–Crippen LogP) is 1.39. The molecule has 1 atom stereocenters. The Kier molecular flexibility index (Phi) is 2.11. The summed E-state index contributed by atoms with van der Waals surface area (Å²) >= 11 is 0. The first-order chi connectivity index (χ1) is 7.27. The van der Waals surface area contributed by atoms with E-state index in [1.807, 2.05) is 12.1 Å². The van der Waals surface area contributed by atoms with Crippen LogP contribution in [0.15, 0.2) is 24.3 Å². The third kappa shape index (κ3) is 1.33. The second-order valence-electron chi connectivity index (χ2n) is 3.29. The number of nitrogens with one attached hydrogen (secondary N) is 1. The van der Waals surface area contributed by atoms with Gasteiger partial charge in [0.25, 0.3) is 0 Å². The number of benzene rings is 1. The van der Waals surface area contributed by atoms with Crippen molar-refractivity contribution in [2.45, 2.75) is 5.92 Å². The van der Waals surface area contributed by atoms with Crippen molar-refractivity contribution < 1.29 is 4.79 Å². The molecule has 4 nitrogen and oxygen atoms in total. The zero-order valence-electron chi connectivity index (χ0n) is 7.77. The largest absolute Gasteiger partial charge is 0.325 e. The summed E-state index contributed by atoms with van der Waals surface area (Å²) in [5, 5.41) is 20.2. The van der Waals surface area contributed by atoms with E-state index in [2.05, 4.69) is 5.32 Å². The van der Waals surface area contributed by atoms with Crippen molar-refractivity contribution in [3.63, 3.8) is 0 Å². The highest BCUT2D eigenvalue weighted by molar-refractivity contribution is 6.03. The maximum absolute atomic E-state index is 11.6. The zero-order chi connectivity index (χ0) is 10.8. The lowest BCUT2D eigenvalue weighted by Gasteiger charge is -2.07. The second-order valence-corrected chi connectivity index (χ2v) is 3.29. The maximum Gasteiger partial charge on any atom is 0.234 e. The molecule has 0 saturated heterocycles. The van der Waals surface area contributed by atoms with E-state index in [1.54, 1.807) is 24.3 Å². The first-order valence-electron chi connectivity index (χ1n) is 4.47. The molecule has 1 heterocycles. The molecule has 4 heteroatoms. The van der Waals surface area contributed by atoms with E-state index >= 15 is 0 Å². The quantitative estimate of drug-likeness (QED) is 0.738. The molecule has 0 spiro atoms. The molecule has 1 aromatic carbocycles. The molecule has 0 aliphatic carbocycles. The van der Waals surface area contributed by atoms with Gasteiger partial charge in [-0.25, -0.2) is 0 Å². The standard InChI is InChI=1S/C11H7N3O/c12-5-7(6-13)10-8-3-1-2-4-9(8)14-11(10)15/h1-4,7,10H,(H,14,15). The van der Waals surface area contributed by atoms with E-state index in [1.165, 1.54) is 0 Å². The molecular weight excluding hydrogens is 190 g/mol. The van der Waals surface area contributed by atoms with Crippen molar-refractivity contribution in [1.82, 2.24) is 0 Å². The van der Waals surface area contributed by atoms with Gasteiger partial charge in [0.15, 0.2) is 0 Å². The Labute approximate surface area is 86.7 Å². The van der Waals surface area contributed by atoms with Gasteiger partial charge in [-0.2, -0.15) is 10.5 Å². The summed E-state index contributed by atoms with van der Waals surface area (Å²) in [6, 6.07) is 10.8. The molecule has 0 saturated carbocycles. The average molecular weight is 197 g/mol. The minimum absolute atomic E-state index is 0.274. The molecule has 1 aromatic rings. The molecule has 1 amide bonds. The number of carbonyl (C=O) groups is 1. The number of carbonyl (C=O) groups excluding carboxylic acids is 1. The lowest BCUT2D eigenvalue weighted by atomic mass is 9.89. The van der Waals surface area contributed by atoms with Crippen LogP contribution in [-0.4, -0.2) is 5.91 Å². The number of nitriles is 2. The molecule has 1 aliphatic rings. The number of anilines is 1. The highest BCUT2D eigenvalue weighted by Gasteiger charge is 2.36. The topological polar surface area (TPSA) is 76.7 Å². The van der Waals surface area contributed by atoms with Crippen molar-refractivity contribution in [3.05, 3.63) is 29.8 Å². The summed E-state index contributed by atoms with van der Waals surface area (Å²) in [4.78, 5) is 11.6. The van der Waals surface area contributed by atoms with Gasteiger partial charge in [0.1, 0.15) is 5.92 Å². The Morgan fingerprint density at radius 3 is 2.60 bits per heavy atom. The van der Waals surface area contributed by atoms with E-state index in [9.17, 15) is 4.79 Å². The van der Waals surface area contributed by atoms with Crippen molar-refractivity contribution >= 4 is 11.6 Å². The highest BCUT2D eigenvalue weighted by atomic mass is 16.2. The third-order valence-corrected chi connectivity index (χ3v) is 2.45. The van der Waals surface area contributed by atoms with E-state index < -0.39 is 11.8 Å².